The minimum atomic E-state index is -3.81. The van der Waals surface area contributed by atoms with Crippen molar-refractivity contribution in [2.45, 2.75) is 25.7 Å². The highest BCUT2D eigenvalue weighted by Gasteiger charge is 2.23. The Morgan fingerprint density at radius 1 is 1.00 bits per heavy atom. The summed E-state index contributed by atoms with van der Waals surface area (Å²) >= 11 is 0. The van der Waals surface area contributed by atoms with Crippen molar-refractivity contribution in [3.05, 3.63) is 59.2 Å². The fraction of sp³-hybridized carbons (Fsp3) is 0.300. The highest BCUT2D eigenvalue weighted by Crippen LogP contribution is 2.15. The van der Waals surface area contributed by atoms with Gasteiger partial charge in [0.15, 0.2) is 6.61 Å². The molecule has 0 saturated carbocycles. The SMILES string of the molecule is Cc1ccc(S(=O)(=O)N(C)CC(=O)OCC(=O)Nc2ccc(C)c(C)c2)cc1. The molecule has 1 amide bonds. The first-order valence-electron chi connectivity index (χ1n) is 8.65. The molecule has 0 unspecified atom stereocenters. The monoisotopic (exact) mass is 404 g/mol. The van der Waals surface area contributed by atoms with E-state index in [1.54, 1.807) is 18.2 Å². The van der Waals surface area contributed by atoms with Crippen molar-refractivity contribution in [3.63, 3.8) is 0 Å². The zero-order chi connectivity index (χ0) is 20.9. The molecule has 0 saturated heterocycles. The van der Waals surface area contributed by atoms with Crippen LogP contribution in [0.5, 0.6) is 0 Å². The van der Waals surface area contributed by atoms with E-state index < -0.39 is 35.1 Å². The van der Waals surface area contributed by atoms with E-state index in [9.17, 15) is 18.0 Å². The van der Waals surface area contributed by atoms with E-state index in [0.29, 0.717) is 5.69 Å². The summed E-state index contributed by atoms with van der Waals surface area (Å²) in [6.07, 6.45) is 0. The van der Waals surface area contributed by atoms with Crippen LogP contribution in [-0.2, 0) is 24.3 Å². The van der Waals surface area contributed by atoms with Crippen molar-refractivity contribution in [2.24, 2.45) is 0 Å². The number of hydrogen-bond donors (Lipinski definition) is 1. The predicted octanol–water partition coefficient (Wildman–Crippen LogP) is 2.41. The summed E-state index contributed by atoms with van der Waals surface area (Å²) < 4.78 is 30.7. The maximum Gasteiger partial charge on any atom is 0.321 e. The Kier molecular flexibility index (Phi) is 6.93. The zero-order valence-corrected chi connectivity index (χ0v) is 17.2. The fourth-order valence-electron chi connectivity index (χ4n) is 2.36. The topological polar surface area (TPSA) is 92.8 Å². The van der Waals surface area contributed by atoms with Gasteiger partial charge in [0.25, 0.3) is 5.91 Å². The molecule has 1 N–H and O–H groups in total. The fourth-order valence-corrected chi connectivity index (χ4v) is 3.48. The van der Waals surface area contributed by atoms with Crippen LogP contribution in [0.2, 0.25) is 0 Å². The number of esters is 1. The molecule has 0 spiro atoms. The molecule has 0 aliphatic carbocycles. The molecule has 0 aliphatic rings. The Balaban J connectivity index is 1.88. The summed E-state index contributed by atoms with van der Waals surface area (Å²) in [5, 5.41) is 2.63. The van der Waals surface area contributed by atoms with Gasteiger partial charge < -0.3 is 10.1 Å². The van der Waals surface area contributed by atoms with Crippen LogP contribution < -0.4 is 5.32 Å². The van der Waals surface area contributed by atoms with Gasteiger partial charge in [-0.3, -0.25) is 9.59 Å². The number of nitrogens with zero attached hydrogens (tertiary/aromatic N) is 1. The quantitative estimate of drug-likeness (QED) is 0.716. The first-order valence-corrected chi connectivity index (χ1v) is 10.1. The Morgan fingerprint density at radius 3 is 2.25 bits per heavy atom. The molecular formula is C20H24N2O5S. The third-order valence-corrected chi connectivity index (χ3v) is 6.05. The molecule has 7 nitrogen and oxygen atoms in total. The second-order valence-electron chi connectivity index (χ2n) is 6.58. The highest BCUT2D eigenvalue weighted by molar-refractivity contribution is 7.89. The third-order valence-electron chi connectivity index (χ3n) is 4.24. The van der Waals surface area contributed by atoms with Crippen LogP contribution in [0.3, 0.4) is 0 Å². The summed E-state index contributed by atoms with van der Waals surface area (Å²) in [5.74, 6) is -1.31. The second kappa shape index (κ2) is 8.99. The van der Waals surface area contributed by atoms with Gasteiger partial charge in [0.2, 0.25) is 10.0 Å². The van der Waals surface area contributed by atoms with E-state index in [1.165, 1.54) is 19.2 Å². The molecule has 2 aromatic rings. The van der Waals surface area contributed by atoms with Gasteiger partial charge in [0.1, 0.15) is 6.54 Å². The van der Waals surface area contributed by atoms with Crippen LogP contribution in [-0.4, -0.2) is 44.8 Å². The van der Waals surface area contributed by atoms with Crippen molar-refractivity contribution in [3.8, 4) is 0 Å². The van der Waals surface area contributed by atoms with E-state index in [2.05, 4.69) is 5.32 Å². The van der Waals surface area contributed by atoms with Gasteiger partial charge in [-0.25, -0.2) is 8.42 Å². The number of hydrogen-bond acceptors (Lipinski definition) is 5. The maximum atomic E-state index is 12.5. The smallest absolute Gasteiger partial charge is 0.321 e. The molecule has 8 heteroatoms. The summed E-state index contributed by atoms with van der Waals surface area (Å²) in [4.78, 5) is 23.9. The normalized spacial score (nSPS) is 11.3. The lowest BCUT2D eigenvalue weighted by atomic mass is 10.1. The third kappa shape index (κ3) is 5.64. The van der Waals surface area contributed by atoms with Crippen LogP contribution in [0.1, 0.15) is 16.7 Å². The number of likely N-dealkylation sites (N-methyl/N-ethyl adjacent to an activating group) is 1. The van der Waals surface area contributed by atoms with Gasteiger partial charge in [-0.2, -0.15) is 4.31 Å². The summed E-state index contributed by atoms with van der Waals surface area (Å²) in [6.45, 7) is 4.75. The molecule has 0 aromatic heterocycles. The zero-order valence-electron chi connectivity index (χ0n) is 16.4. The molecule has 0 bridgehead atoms. The van der Waals surface area contributed by atoms with E-state index in [-0.39, 0.29) is 4.90 Å². The Labute approximate surface area is 165 Å². The van der Waals surface area contributed by atoms with Crippen molar-refractivity contribution in [2.75, 3.05) is 25.5 Å². The van der Waals surface area contributed by atoms with Crippen molar-refractivity contribution in [1.29, 1.82) is 0 Å². The molecule has 0 atom stereocenters. The molecule has 150 valence electrons. The molecule has 2 aromatic carbocycles. The first-order chi connectivity index (χ1) is 13.1. The van der Waals surface area contributed by atoms with Crippen molar-refractivity contribution < 1.29 is 22.7 Å². The summed E-state index contributed by atoms with van der Waals surface area (Å²) in [5.41, 5.74) is 3.65. The van der Waals surface area contributed by atoms with Crippen molar-refractivity contribution >= 4 is 27.6 Å². The van der Waals surface area contributed by atoms with Gasteiger partial charge in [-0.1, -0.05) is 23.8 Å². The molecule has 0 aliphatic heterocycles. The molecule has 28 heavy (non-hydrogen) atoms. The molecule has 0 heterocycles. The molecule has 0 radical (unpaired) electrons. The Hall–Kier alpha value is -2.71. The summed E-state index contributed by atoms with van der Waals surface area (Å²) in [7, 11) is -2.53. The number of aryl methyl sites for hydroxylation is 3. The lowest BCUT2D eigenvalue weighted by Crippen LogP contribution is -2.34. The van der Waals surface area contributed by atoms with E-state index in [4.69, 9.17) is 4.74 Å². The maximum absolute atomic E-state index is 12.5. The first kappa shape index (κ1) is 21.6. The Bertz CT molecular complexity index is 969. The number of rotatable bonds is 7. The molecule has 2 rings (SSSR count). The van der Waals surface area contributed by atoms with Crippen LogP contribution >= 0.6 is 0 Å². The second-order valence-corrected chi connectivity index (χ2v) is 8.63. The highest BCUT2D eigenvalue weighted by atomic mass is 32.2. The van der Waals surface area contributed by atoms with E-state index in [1.807, 2.05) is 32.9 Å². The van der Waals surface area contributed by atoms with Crippen molar-refractivity contribution in [1.82, 2.24) is 4.31 Å². The number of ether oxygens (including phenoxy) is 1. The van der Waals surface area contributed by atoms with Gasteiger partial charge >= 0.3 is 5.97 Å². The van der Waals surface area contributed by atoms with Gasteiger partial charge in [-0.05, 0) is 56.2 Å². The number of amides is 1. The van der Waals surface area contributed by atoms with Crippen LogP contribution in [0.25, 0.3) is 0 Å². The van der Waals surface area contributed by atoms with Gasteiger partial charge in [0.05, 0.1) is 4.90 Å². The lowest BCUT2D eigenvalue weighted by molar-refractivity contribution is -0.147. The molecule has 0 fully saturated rings. The van der Waals surface area contributed by atoms with E-state index in [0.717, 1.165) is 21.0 Å². The minimum absolute atomic E-state index is 0.0842. The number of anilines is 1. The predicted molar refractivity (Wildman–Crippen MR) is 106 cm³/mol. The number of nitrogens with one attached hydrogen (secondary N) is 1. The van der Waals surface area contributed by atoms with Crippen LogP contribution in [0.4, 0.5) is 5.69 Å². The summed E-state index contributed by atoms with van der Waals surface area (Å²) in [6, 6.07) is 11.8. The minimum Gasteiger partial charge on any atom is -0.455 e. The largest absolute Gasteiger partial charge is 0.455 e. The average Bonchev–Trinajstić information content (AvgIpc) is 2.63. The van der Waals surface area contributed by atoms with Crippen LogP contribution in [0.15, 0.2) is 47.4 Å². The number of carbonyl (C=O) groups is 2. The molecular weight excluding hydrogens is 380 g/mol. The van der Waals surface area contributed by atoms with Crippen LogP contribution in [0, 0.1) is 20.8 Å². The van der Waals surface area contributed by atoms with E-state index >= 15 is 0 Å². The lowest BCUT2D eigenvalue weighted by Gasteiger charge is -2.16. The Morgan fingerprint density at radius 2 is 1.64 bits per heavy atom. The van der Waals surface area contributed by atoms with Gasteiger partial charge in [-0.15, -0.1) is 0 Å². The van der Waals surface area contributed by atoms with Gasteiger partial charge in [0, 0.05) is 12.7 Å². The number of sulfonamides is 1. The standard InChI is InChI=1S/C20H24N2O5S/c1-14-5-9-18(10-6-14)28(25,26)22(4)12-20(24)27-13-19(23)21-17-8-7-15(2)16(3)11-17/h5-11H,12-13H2,1-4H3,(H,21,23). The number of benzene rings is 2. The number of carbonyl (C=O) groups excluding carboxylic acids is 2. The average molecular weight is 404 g/mol.